The second kappa shape index (κ2) is 10.9. The molecule has 41 heavy (non-hydrogen) atoms. The van der Waals surface area contributed by atoms with E-state index < -0.39 is 17.0 Å². The predicted octanol–water partition coefficient (Wildman–Crippen LogP) is 6.41. The van der Waals surface area contributed by atoms with Gasteiger partial charge in [-0.3, -0.25) is 0 Å². The smallest absolute Gasteiger partial charge is 0.171 e. The number of hydrogen-bond acceptors (Lipinski definition) is 5. The van der Waals surface area contributed by atoms with Crippen LogP contribution in [0.15, 0.2) is 11.1 Å². The normalized spacial score (nSPS) is 46.3. The number of fused-ring (bicyclic) bond motifs is 4. The molecule has 6 aliphatic carbocycles. The second-order valence-corrected chi connectivity index (χ2v) is 15.5. The third-order valence-electron chi connectivity index (χ3n) is 13.4. The lowest BCUT2D eigenvalue weighted by Crippen LogP contribution is -2.53. The predicted molar refractivity (Wildman–Crippen MR) is 161 cm³/mol. The molecule has 1 saturated heterocycles. The summed E-state index contributed by atoms with van der Waals surface area (Å²) in [5.41, 5.74) is 1.07. The molecule has 6 fully saturated rings. The standard InChI is InChI=1S/C36H55NO4/c1-3-17-35(39)19-15-30-28-10-7-18-34(38)24-36(40-21-22-41-36)20-16-31(34)32(28)29(23-33(30,35)2)25-11-13-27(14-12-25)37-26-8-5-4-6-9-26/h25-30,37-39H,4-16,18-24H2,1-2H3. The molecular weight excluding hydrogens is 510 g/mol. The first-order valence-corrected chi connectivity index (χ1v) is 17.4. The summed E-state index contributed by atoms with van der Waals surface area (Å²) in [6, 6.07) is 1.38. The van der Waals surface area contributed by atoms with E-state index in [-0.39, 0.29) is 5.41 Å². The summed E-state index contributed by atoms with van der Waals surface area (Å²) in [7, 11) is 0. The molecule has 0 radical (unpaired) electrons. The summed E-state index contributed by atoms with van der Waals surface area (Å²) in [6.45, 7) is 5.55. The second-order valence-electron chi connectivity index (χ2n) is 15.5. The van der Waals surface area contributed by atoms with Crippen LogP contribution in [0.25, 0.3) is 0 Å². The van der Waals surface area contributed by atoms with E-state index in [2.05, 4.69) is 24.1 Å². The number of hydrogen-bond donors (Lipinski definition) is 3. The van der Waals surface area contributed by atoms with Crippen LogP contribution in [0.4, 0.5) is 0 Å². The van der Waals surface area contributed by atoms with Crippen LogP contribution in [0.2, 0.25) is 0 Å². The van der Waals surface area contributed by atoms with Gasteiger partial charge in [-0.05, 0) is 120 Å². The van der Waals surface area contributed by atoms with Gasteiger partial charge in [0, 0.05) is 30.3 Å². The SMILES string of the molecule is CC#CC1(O)CCC2C3CCCC4(O)CC5(CCC4=C3C(C3CCC(NC4CCCCC4)CC3)CC21C)OCCO5. The van der Waals surface area contributed by atoms with Crippen LogP contribution in [0, 0.1) is 40.9 Å². The molecule has 1 heterocycles. The van der Waals surface area contributed by atoms with Crippen molar-refractivity contribution in [3.8, 4) is 11.8 Å². The molecule has 7 rings (SSSR count). The molecule has 5 nitrogen and oxygen atoms in total. The minimum Gasteiger partial charge on any atom is -0.385 e. The van der Waals surface area contributed by atoms with Crippen molar-refractivity contribution in [1.82, 2.24) is 5.32 Å². The molecular formula is C36H55NO4. The van der Waals surface area contributed by atoms with Crippen LogP contribution in [0.5, 0.6) is 0 Å². The number of allylic oxidation sites excluding steroid dienone is 1. The van der Waals surface area contributed by atoms with Gasteiger partial charge in [0.25, 0.3) is 0 Å². The Morgan fingerprint density at radius 3 is 2.27 bits per heavy atom. The quantitative estimate of drug-likeness (QED) is 0.272. The van der Waals surface area contributed by atoms with Crippen LogP contribution in [-0.4, -0.2) is 52.5 Å². The Labute approximate surface area is 248 Å². The summed E-state index contributed by atoms with van der Waals surface area (Å²) >= 11 is 0. The molecule has 7 aliphatic rings. The molecule has 1 spiro atoms. The highest BCUT2D eigenvalue weighted by atomic mass is 16.7. The first-order valence-electron chi connectivity index (χ1n) is 17.4. The zero-order chi connectivity index (χ0) is 28.3. The minimum atomic E-state index is -0.897. The fourth-order valence-corrected chi connectivity index (χ4v) is 11.4. The largest absolute Gasteiger partial charge is 0.385 e. The lowest BCUT2D eigenvalue weighted by atomic mass is 9.51. The lowest BCUT2D eigenvalue weighted by Gasteiger charge is -2.55. The minimum absolute atomic E-state index is 0.192. The number of aliphatic hydroxyl groups is 2. The molecule has 0 aromatic heterocycles. The van der Waals surface area contributed by atoms with E-state index in [9.17, 15) is 10.2 Å². The Hall–Kier alpha value is -0.900. The zero-order valence-electron chi connectivity index (χ0n) is 25.8. The average Bonchev–Trinajstić information content (AvgIpc) is 3.46. The average molecular weight is 566 g/mol. The van der Waals surface area contributed by atoms with Gasteiger partial charge < -0.3 is 25.0 Å². The number of ether oxygens (including phenoxy) is 2. The molecule has 228 valence electrons. The summed E-state index contributed by atoms with van der Waals surface area (Å²) < 4.78 is 12.3. The number of nitrogens with one attached hydrogen (secondary N) is 1. The van der Waals surface area contributed by atoms with E-state index in [0.717, 1.165) is 57.4 Å². The third kappa shape index (κ3) is 4.87. The fourth-order valence-electron chi connectivity index (χ4n) is 11.4. The highest BCUT2D eigenvalue weighted by Crippen LogP contribution is 2.67. The maximum Gasteiger partial charge on any atom is 0.171 e. The molecule has 0 amide bonds. The van der Waals surface area contributed by atoms with E-state index in [0.29, 0.717) is 49.3 Å². The molecule has 0 aromatic carbocycles. The van der Waals surface area contributed by atoms with Crippen molar-refractivity contribution in [3.05, 3.63) is 11.1 Å². The maximum atomic E-state index is 12.5. The van der Waals surface area contributed by atoms with E-state index >= 15 is 0 Å². The van der Waals surface area contributed by atoms with E-state index in [1.807, 2.05) is 6.92 Å². The number of rotatable bonds is 3. The van der Waals surface area contributed by atoms with Gasteiger partial charge in [0.1, 0.15) is 5.60 Å². The van der Waals surface area contributed by atoms with Crippen LogP contribution < -0.4 is 5.32 Å². The third-order valence-corrected chi connectivity index (χ3v) is 13.4. The zero-order valence-corrected chi connectivity index (χ0v) is 25.8. The van der Waals surface area contributed by atoms with Crippen LogP contribution >= 0.6 is 0 Å². The monoisotopic (exact) mass is 565 g/mol. The molecule has 5 heteroatoms. The Morgan fingerprint density at radius 2 is 1.54 bits per heavy atom. The molecule has 0 bridgehead atoms. The van der Waals surface area contributed by atoms with Gasteiger partial charge in [-0.15, -0.1) is 5.92 Å². The first kappa shape index (κ1) is 28.8. The highest BCUT2D eigenvalue weighted by Gasteiger charge is 2.64. The van der Waals surface area contributed by atoms with Crippen molar-refractivity contribution in [1.29, 1.82) is 0 Å². The molecule has 0 aromatic rings. The molecule has 6 atom stereocenters. The molecule has 6 unspecified atom stereocenters. The summed E-state index contributed by atoms with van der Waals surface area (Å²) in [4.78, 5) is 0. The van der Waals surface area contributed by atoms with Gasteiger partial charge in [-0.25, -0.2) is 0 Å². The highest BCUT2D eigenvalue weighted by molar-refractivity contribution is 5.38. The fraction of sp³-hybridized carbons (Fsp3) is 0.889. The van der Waals surface area contributed by atoms with Crippen LogP contribution in [0.1, 0.15) is 129 Å². The van der Waals surface area contributed by atoms with Crippen LogP contribution in [0.3, 0.4) is 0 Å². The summed E-state index contributed by atoms with van der Waals surface area (Å²) in [5, 5.41) is 28.6. The van der Waals surface area contributed by atoms with Gasteiger partial charge >= 0.3 is 0 Å². The molecule has 3 N–H and O–H groups in total. The van der Waals surface area contributed by atoms with Crippen molar-refractivity contribution in [2.45, 2.75) is 158 Å². The van der Waals surface area contributed by atoms with Crippen LogP contribution in [-0.2, 0) is 9.47 Å². The Balaban J connectivity index is 1.22. The van der Waals surface area contributed by atoms with E-state index in [1.54, 1.807) is 5.57 Å². The summed E-state index contributed by atoms with van der Waals surface area (Å²) in [5.74, 6) is 7.82. The van der Waals surface area contributed by atoms with Gasteiger partial charge in [0.15, 0.2) is 5.79 Å². The topological polar surface area (TPSA) is 71.0 Å². The lowest BCUT2D eigenvalue weighted by molar-refractivity contribution is -0.205. The van der Waals surface area contributed by atoms with Crippen molar-refractivity contribution >= 4 is 0 Å². The molecule has 1 aliphatic heterocycles. The van der Waals surface area contributed by atoms with Crippen molar-refractivity contribution in [2.75, 3.05) is 13.2 Å². The van der Waals surface area contributed by atoms with Gasteiger partial charge in [-0.2, -0.15) is 0 Å². The Morgan fingerprint density at radius 1 is 0.805 bits per heavy atom. The first-order chi connectivity index (χ1) is 19.8. The van der Waals surface area contributed by atoms with Gasteiger partial charge in [0.05, 0.1) is 18.8 Å². The van der Waals surface area contributed by atoms with E-state index in [1.165, 1.54) is 63.4 Å². The van der Waals surface area contributed by atoms with Gasteiger partial charge in [0.2, 0.25) is 0 Å². The van der Waals surface area contributed by atoms with Crippen molar-refractivity contribution in [3.63, 3.8) is 0 Å². The molecule has 5 saturated carbocycles. The Kier molecular flexibility index (Phi) is 7.68. The van der Waals surface area contributed by atoms with Gasteiger partial charge in [-0.1, -0.05) is 37.7 Å². The summed E-state index contributed by atoms with van der Waals surface area (Å²) in [6.07, 6.45) is 20.1. The van der Waals surface area contributed by atoms with Crippen molar-refractivity contribution < 1.29 is 19.7 Å². The van der Waals surface area contributed by atoms with Crippen molar-refractivity contribution in [2.24, 2.45) is 29.1 Å². The van der Waals surface area contributed by atoms with E-state index in [4.69, 9.17) is 9.47 Å². The Bertz CT molecular complexity index is 1070. The maximum absolute atomic E-state index is 12.5.